The predicted molar refractivity (Wildman–Crippen MR) is 118 cm³/mol. The lowest BCUT2D eigenvalue weighted by molar-refractivity contribution is 1.27. The maximum atomic E-state index is 4.33. The first-order chi connectivity index (χ1) is 12.8. The molecule has 0 spiro atoms. The first kappa shape index (κ1) is 17.1. The molecule has 1 heterocycles. The van der Waals surface area contributed by atoms with Crippen molar-refractivity contribution in [2.45, 2.75) is 5.75 Å². The third-order valence-corrected chi connectivity index (χ3v) is 6.50. The van der Waals surface area contributed by atoms with Crippen LogP contribution in [0.2, 0.25) is 0 Å². The Labute approximate surface area is 164 Å². The summed E-state index contributed by atoms with van der Waals surface area (Å²) in [4.78, 5) is 0. The van der Waals surface area contributed by atoms with Gasteiger partial charge in [-0.15, -0.1) is 16.0 Å². The smallest absolute Gasteiger partial charge is 0.172 e. The second-order valence-electron chi connectivity index (χ2n) is 5.94. The molecule has 0 aliphatic carbocycles. The van der Waals surface area contributed by atoms with Gasteiger partial charge in [0.25, 0.3) is 0 Å². The molecular formula is C21H18BrN3S. The van der Waals surface area contributed by atoms with Crippen LogP contribution < -0.4 is 5.32 Å². The van der Waals surface area contributed by atoms with Gasteiger partial charge in [-0.1, -0.05) is 70.5 Å². The molecule has 0 saturated carbocycles. The van der Waals surface area contributed by atoms with Gasteiger partial charge in [0.2, 0.25) is 0 Å². The van der Waals surface area contributed by atoms with E-state index in [9.17, 15) is 0 Å². The van der Waals surface area contributed by atoms with Crippen LogP contribution in [-0.2, 0) is 5.75 Å². The van der Waals surface area contributed by atoms with E-state index >= 15 is 0 Å². The Morgan fingerprint density at radius 3 is 2.38 bits per heavy atom. The van der Waals surface area contributed by atoms with Gasteiger partial charge < -0.3 is 5.32 Å². The van der Waals surface area contributed by atoms with Crippen LogP contribution in [0.3, 0.4) is 0 Å². The molecule has 0 fully saturated rings. The quantitative estimate of drug-likeness (QED) is 0.492. The monoisotopic (exact) mass is 423 g/mol. The second kappa shape index (κ2) is 7.89. The number of amidine groups is 1. The fourth-order valence-corrected chi connectivity index (χ4v) is 4.73. The minimum atomic E-state index is -0.587. The third kappa shape index (κ3) is 3.89. The maximum Gasteiger partial charge on any atom is 0.172 e. The first-order valence-corrected chi connectivity index (χ1v) is 10.7. The lowest BCUT2D eigenvalue weighted by Gasteiger charge is -2.18. The molecule has 1 N–H and O–H groups in total. The van der Waals surface area contributed by atoms with Crippen molar-refractivity contribution >= 4 is 43.2 Å². The molecule has 26 heavy (non-hydrogen) atoms. The van der Waals surface area contributed by atoms with Crippen molar-refractivity contribution in [3.05, 3.63) is 88.9 Å². The number of hydrogen-bond donors (Lipinski definition) is 2. The molecule has 1 atom stereocenters. The zero-order chi connectivity index (χ0) is 17.8. The molecule has 0 amide bonds. The van der Waals surface area contributed by atoms with Gasteiger partial charge in [-0.25, -0.2) is 0 Å². The van der Waals surface area contributed by atoms with Gasteiger partial charge >= 0.3 is 0 Å². The Kier molecular flexibility index (Phi) is 5.18. The van der Waals surface area contributed by atoms with Crippen LogP contribution in [0.5, 0.6) is 0 Å². The van der Waals surface area contributed by atoms with E-state index in [1.54, 1.807) is 0 Å². The molecule has 0 aromatic heterocycles. The van der Waals surface area contributed by atoms with E-state index in [1.165, 1.54) is 16.7 Å². The Morgan fingerprint density at radius 2 is 1.58 bits per heavy atom. The number of halogens is 1. The molecule has 0 bridgehead atoms. The highest BCUT2D eigenvalue weighted by Crippen LogP contribution is 2.37. The van der Waals surface area contributed by atoms with Gasteiger partial charge in [0, 0.05) is 15.9 Å². The topological polar surface area (TPSA) is 36.8 Å². The molecule has 1 unspecified atom stereocenters. The van der Waals surface area contributed by atoms with Crippen LogP contribution in [0.1, 0.15) is 5.56 Å². The molecule has 3 aromatic rings. The van der Waals surface area contributed by atoms with Crippen LogP contribution in [0, 0.1) is 0 Å². The third-order valence-electron chi connectivity index (χ3n) is 4.16. The van der Waals surface area contributed by atoms with Gasteiger partial charge in [0.05, 0.1) is 5.55 Å². The van der Waals surface area contributed by atoms with Gasteiger partial charge in [0.1, 0.15) is 0 Å². The summed E-state index contributed by atoms with van der Waals surface area (Å²) < 4.78 is 1.06. The standard InChI is InChI=1S/C21H18BrN3S/c22-18-10-12-19(13-11-18)24-21-25-23-15-26(21)14-17-8-4-5-9-20(17)16-6-2-1-3-7-16/h1-13,15,26H,14H2,(H,24,25). The molecule has 3 nitrogen and oxygen atoms in total. The SMILES string of the molecule is Brc1ccc(NC2=NN=C[SH]2Cc2ccccc2-c2ccccc2)cc1. The zero-order valence-electron chi connectivity index (χ0n) is 14.0. The maximum absolute atomic E-state index is 4.33. The van der Waals surface area contributed by atoms with Crippen molar-refractivity contribution < 1.29 is 0 Å². The lowest BCUT2D eigenvalue weighted by Crippen LogP contribution is -2.11. The summed E-state index contributed by atoms with van der Waals surface area (Å²) in [6, 6.07) is 27.2. The van der Waals surface area contributed by atoms with Crippen LogP contribution in [-0.4, -0.2) is 10.7 Å². The summed E-state index contributed by atoms with van der Waals surface area (Å²) in [5, 5.41) is 12.9. The van der Waals surface area contributed by atoms with E-state index in [4.69, 9.17) is 0 Å². The highest BCUT2D eigenvalue weighted by Gasteiger charge is 2.17. The number of rotatable bonds is 4. The minimum Gasteiger partial charge on any atom is -0.334 e. The van der Waals surface area contributed by atoms with Crippen molar-refractivity contribution in [2.75, 3.05) is 5.32 Å². The van der Waals surface area contributed by atoms with E-state index in [0.29, 0.717) is 0 Å². The van der Waals surface area contributed by atoms with Crippen LogP contribution in [0.4, 0.5) is 5.69 Å². The number of benzene rings is 3. The Morgan fingerprint density at radius 1 is 0.846 bits per heavy atom. The normalized spacial score (nSPS) is 17.1. The molecule has 1 aliphatic rings. The van der Waals surface area contributed by atoms with Crippen LogP contribution in [0.15, 0.2) is 93.5 Å². The Hall–Kier alpha value is -2.37. The summed E-state index contributed by atoms with van der Waals surface area (Å²) >= 11 is 3.47. The molecule has 0 saturated heterocycles. The van der Waals surface area contributed by atoms with Crippen LogP contribution in [0.25, 0.3) is 11.1 Å². The minimum absolute atomic E-state index is 0.587. The number of nitrogens with zero attached hydrogens (tertiary/aromatic N) is 2. The molecule has 1 aliphatic heterocycles. The van der Waals surface area contributed by atoms with E-state index in [2.05, 4.69) is 80.0 Å². The first-order valence-electron chi connectivity index (χ1n) is 8.33. The fraction of sp³-hybridized carbons (Fsp3) is 0.0476. The molecule has 0 radical (unpaired) electrons. The van der Waals surface area contributed by atoms with E-state index in [0.717, 1.165) is 21.1 Å². The molecule has 4 rings (SSSR count). The largest absolute Gasteiger partial charge is 0.334 e. The number of nitrogens with one attached hydrogen (secondary N) is 1. The Bertz CT molecular complexity index is 953. The molecular weight excluding hydrogens is 406 g/mol. The van der Waals surface area contributed by atoms with Crippen LogP contribution >= 0.6 is 26.8 Å². The molecule has 130 valence electrons. The molecule has 5 heteroatoms. The summed E-state index contributed by atoms with van der Waals surface area (Å²) in [7, 11) is -0.587. The van der Waals surface area contributed by atoms with Crippen molar-refractivity contribution in [1.29, 1.82) is 0 Å². The average molecular weight is 424 g/mol. The van der Waals surface area contributed by atoms with Gasteiger partial charge in [-0.05, 0) is 41.0 Å². The fourth-order valence-electron chi connectivity index (χ4n) is 2.87. The van der Waals surface area contributed by atoms with Gasteiger partial charge in [-0.2, -0.15) is 5.10 Å². The molecule has 3 aromatic carbocycles. The summed E-state index contributed by atoms with van der Waals surface area (Å²) in [5.74, 6) is 0.923. The predicted octanol–water partition coefficient (Wildman–Crippen LogP) is 6.04. The van der Waals surface area contributed by atoms with Crippen molar-refractivity contribution in [3.63, 3.8) is 0 Å². The van der Waals surface area contributed by atoms with Crippen molar-refractivity contribution in [3.8, 4) is 11.1 Å². The van der Waals surface area contributed by atoms with Gasteiger partial charge in [0.15, 0.2) is 5.17 Å². The highest BCUT2D eigenvalue weighted by molar-refractivity contribution is 9.10. The number of anilines is 1. The van der Waals surface area contributed by atoms with E-state index in [-0.39, 0.29) is 0 Å². The average Bonchev–Trinajstić information content (AvgIpc) is 3.11. The summed E-state index contributed by atoms with van der Waals surface area (Å²) in [6.45, 7) is 0. The highest BCUT2D eigenvalue weighted by atomic mass is 79.9. The number of thiol groups is 1. The van der Waals surface area contributed by atoms with E-state index < -0.39 is 10.9 Å². The van der Waals surface area contributed by atoms with E-state index in [1.807, 2.05) is 35.9 Å². The summed E-state index contributed by atoms with van der Waals surface area (Å²) in [5.41, 5.74) is 6.86. The van der Waals surface area contributed by atoms with Crippen molar-refractivity contribution in [2.24, 2.45) is 10.2 Å². The Balaban J connectivity index is 1.55. The second-order valence-corrected chi connectivity index (χ2v) is 8.76. The van der Waals surface area contributed by atoms with Crippen molar-refractivity contribution in [1.82, 2.24) is 0 Å². The zero-order valence-corrected chi connectivity index (χ0v) is 16.5. The summed E-state index contributed by atoms with van der Waals surface area (Å²) in [6.07, 6.45) is 0. The van der Waals surface area contributed by atoms with Gasteiger partial charge in [-0.3, -0.25) is 0 Å². The number of hydrogen-bond acceptors (Lipinski definition) is 3. The lowest BCUT2D eigenvalue weighted by atomic mass is 10.0.